The molecular formula is C51H53N. The summed E-state index contributed by atoms with van der Waals surface area (Å²) in [7, 11) is 0. The first kappa shape index (κ1) is 36.5. The molecule has 0 saturated heterocycles. The van der Waals surface area contributed by atoms with Crippen molar-refractivity contribution in [1.82, 2.24) is 0 Å². The summed E-state index contributed by atoms with van der Waals surface area (Å²) in [6.07, 6.45) is 17.3. The van der Waals surface area contributed by atoms with E-state index < -0.39 is 0 Å². The van der Waals surface area contributed by atoms with Gasteiger partial charge < -0.3 is 4.90 Å². The maximum atomic E-state index is 5.78. The lowest BCUT2D eigenvalue weighted by molar-refractivity contribution is 0.527. The van der Waals surface area contributed by atoms with Crippen molar-refractivity contribution in [2.45, 2.75) is 84.0 Å². The summed E-state index contributed by atoms with van der Waals surface area (Å²) in [5.41, 5.74) is 14.7. The van der Waals surface area contributed by atoms with Gasteiger partial charge in [-0.1, -0.05) is 151 Å². The van der Waals surface area contributed by atoms with E-state index in [0.29, 0.717) is 6.42 Å². The predicted molar refractivity (Wildman–Crippen MR) is 225 cm³/mol. The molecule has 0 fully saturated rings. The average molecular weight is 680 g/mol. The Morgan fingerprint density at radius 2 is 1.40 bits per heavy atom. The molecule has 5 aromatic rings. The van der Waals surface area contributed by atoms with Gasteiger partial charge in [0.2, 0.25) is 0 Å². The van der Waals surface area contributed by atoms with Crippen LogP contribution >= 0.6 is 0 Å². The van der Waals surface area contributed by atoms with Crippen LogP contribution in [0.1, 0.15) is 93.3 Å². The van der Waals surface area contributed by atoms with Gasteiger partial charge in [0.05, 0.1) is 0 Å². The van der Waals surface area contributed by atoms with E-state index >= 15 is 0 Å². The number of rotatable bonds is 10. The number of fused-ring (bicyclic) bond motifs is 1. The third kappa shape index (κ3) is 7.22. The standard InChI is InChI=1S/C51H53N/c1-10-18-39-25-26-40(36-48(39)49(4,5)34-11-2)38-27-29-42(30-28-38)52(41-20-13-12-14-21-41)43-31-32-44-46(50(6,7)35-33-43)23-17-24-47(44)51(8,9)45-22-16-15-19-37(45)3/h1,11-17,19-33,36H,2,18,34-35H2,3-9H3/b32-31-,43-33+. The maximum Gasteiger partial charge on any atom is 0.0461 e. The van der Waals surface area contributed by atoms with Gasteiger partial charge in [0.1, 0.15) is 0 Å². The first-order chi connectivity index (χ1) is 24.9. The Bertz CT molecular complexity index is 2160. The van der Waals surface area contributed by atoms with E-state index in [1.807, 2.05) is 6.08 Å². The van der Waals surface area contributed by atoms with Crippen molar-refractivity contribution in [3.8, 4) is 23.5 Å². The molecule has 0 unspecified atom stereocenters. The van der Waals surface area contributed by atoms with Crippen molar-refractivity contribution in [1.29, 1.82) is 0 Å². The summed E-state index contributed by atoms with van der Waals surface area (Å²) in [4.78, 5) is 2.39. The molecule has 0 N–H and O–H groups in total. The van der Waals surface area contributed by atoms with Crippen LogP contribution < -0.4 is 4.90 Å². The van der Waals surface area contributed by atoms with Crippen LogP contribution in [0.2, 0.25) is 0 Å². The molecule has 5 aromatic carbocycles. The van der Waals surface area contributed by atoms with Gasteiger partial charge in [0.15, 0.2) is 0 Å². The lowest BCUT2D eigenvalue weighted by atomic mass is 9.70. The molecule has 1 aliphatic carbocycles. The van der Waals surface area contributed by atoms with E-state index in [4.69, 9.17) is 6.42 Å². The second-order valence-electron chi connectivity index (χ2n) is 16.1. The normalized spacial score (nSPS) is 15.6. The van der Waals surface area contributed by atoms with Crippen molar-refractivity contribution < 1.29 is 0 Å². The molecule has 0 aliphatic heterocycles. The highest BCUT2D eigenvalue weighted by molar-refractivity contribution is 5.76. The first-order valence-corrected chi connectivity index (χ1v) is 18.6. The lowest BCUT2D eigenvalue weighted by Crippen LogP contribution is -2.26. The minimum absolute atomic E-state index is 0.0631. The Balaban J connectivity index is 1.43. The van der Waals surface area contributed by atoms with E-state index in [1.54, 1.807) is 0 Å². The molecule has 0 heterocycles. The fourth-order valence-electron chi connectivity index (χ4n) is 8.12. The van der Waals surface area contributed by atoms with Gasteiger partial charge in [-0.05, 0) is 111 Å². The molecule has 262 valence electrons. The zero-order chi connectivity index (χ0) is 37.1. The topological polar surface area (TPSA) is 3.24 Å². The Hall–Kier alpha value is -5.32. The quantitative estimate of drug-likeness (QED) is 0.105. The molecule has 0 radical (unpaired) electrons. The fourth-order valence-corrected chi connectivity index (χ4v) is 8.12. The highest BCUT2D eigenvalue weighted by Crippen LogP contribution is 2.43. The second kappa shape index (κ2) is 14.7. The van der Waals surface area contributed by atoms with E-state index in [1.165, 1.54) is 50.1 Å². The predicted octanol–water partition coefficient (Wildman–Crippen LogP) is 13.4. The van der Waals surface area contributed by atoms with Crippen LogP contribution in [0.25, 0.3) is 17.2 Å². The molecule has 0 aromatic heterocycles. The second-order valence-corrected chi connectivity index (χ2v) is 16.1. The van der Waals surface area contributed by atoms with E-state index in [0.717, 1.165) is 29.9 Å². The van der Waals surface area contributed by atoms with Gasteiger partial charge in [0, 0.05) is 28.9 Å². The third-order valence-corrected chi connectivity index (χ3v) is 11.1. The highest BCUT2D eigenvalue weighted by Gasteiger charge is 2.32. The van der Waals surface area contributed by atoms with Crippen LogP contribution in [0.15, 0.2) is 146 Å². The Morgan fingerprint density at radius 1 is 0.750 bits per heavy atom. The lowest BCUT2D eigenvalue weighted by Gasteiger charge is -2.35. The van der Waals surface area contributed by atoms with Crippen molar-refractivity contribution >= 4 is 17.5 Å². The number of anilines is 2. The van der Waals surface area contributed by atoms with E-state index in [2.05, 4.69) is 199 Å². The van der Waals surface area contributed by atoms with E-state index in [9.17, 15) is 0 Å². The molecule has 1 heteroatoms. The first-order valence-electron chi connectivity index (χ1n) is 18.6. The van der Waals surface area contributed by atoms with Crippen LogP contribution in [-0.4, -0.2) is 0 Å². The van der Waals surface area contributed by atoms with Crippen LogP contribution in [-0.2, 0) is 22.7 Å². The molecule has 1 aliphatic rings. The summed E-state index contributed by atoms with van der Waals surface area (Å²) in [5, 5.41) is 0. The zero-order valence-electron chi connectivity index (χ0n) is 32.1. The molecule has 0 atom stereocenters. The zero-order valence-corrected chi connectivity index (χ0v) is 32.1. The molecule has 0 saturated carbocycles. The van der Waals surface area contributed by atoms with Crippen molar-refractivity contribution in [2.75, 3.05) is 4.90 Å². The monoisotopic (exact) mass is 679 g/mol. The molecule has 0 amide bonds. The molecule has 0 bridgehead atoms. The van der Waals surface area contributed by atoms with Crippen molar-refractivity contribution in [3.05, 3.63) is 185 Å². The smallest absolute Gasteiger partial charge is 0.0461 e. The van der Waals surface area contributed by atoms with Gasteiger partial charge in [-0.25, -0.2) is 0 Å². The fraction of sp³-hybridized carbons (Fsp3) is 0.255. The maximum absolute atomic E-state index is 5.78. The van der Waals surface area contributed by atoms with Crippen molar-refractivity contribution in [2.24, 2.45) is 0 Å². The van der Waals surface area contributed by atoms with E-state index in [-0.39, 0.29) is 16.2 Å². The van der Waals surface area contributed by atoms with Crippen molar-refractivity contribution in [3.63, 3.8) is 0 Å². The van der Waals surface area contributed by atoms with Crippen LogP contribution in [0, 0.1) is 19.3 Å². The minimum Gasteiger partial charge on any atom is -0.311 e. The number of nitrogens with zero attached hydrogens (tertiary/aromatic N) is 1. The Morgan fingerprint density at radius 3 is 2.10 bits per heavy atom. The average Bonchev–Trinajstić information content (AvgIpc) is 3.13. The largest absolute Gasteiger partial charge is 0.311 e. The van der Waals surface area contributed by atoms with Crippen LogP contribution in [0.4, 0.5) is 11.4 Å². The minimum atomic E-state index is -0.172. The summed E-state index contributed by atoms with van der Waals surface area (Å²) in [6, 6.07) is 42.2. The summed E-state index contributed by atoms with van der Waals surface area (Å²) >= 11 is 0. The number of para-hydroxylation sites is 1. The number of benzene rings is 5. The summed E-state index contributed by atoms with van der Waals surface area (Å²) in [5.74, 6) is 2.86. The SMILES string of the molecule is C#CCc1ccc(-c2ccc(N(C3=C/CC(C)(C)c4cccc(C(C)(C)c5ccccc5C)c4/C=C\3)c3ccccc3)cc2)cc1C(C)(C)CC=C. The number of hydrogen-bond acceptors (Lipinski definition) is 1. The number of terminal acetylenes is 1. The van der Waals surface area contributed by atoms with Gasteiger partial charge in [-0.2, -0.15) is 0 Å². The molecule has 6 rings (SSSR count). The molecular weight excluding hydrogens is 627 g/mol. The van der Waals surface area contributed by atoms with Gasteiger partial charge in [-0.15, -0.1) is 18.9 Å². The number of allylic oxidation sites excluding steroid dienone is 3. The Kier molecular flexibility index (Phi) is 10.3. The number of hydrogen-bond donors (Lipinski definition) is 0. The third-order valence-electron chi connectivity index (χ3n) is 11.1. The molecule has 1 nitrogen and oxygen atoms in total. The summed E-state index contributed by atoms with van der Waals surface area (Å²) < 4.78 is 0. The van der Waals surface area contributed by atoms with Crippen LogP contribution in [0.5, 0.6) is 0 Å². The summed E-state index contributed by atoms with van der Waals surface area (Å²) in [6.45, 7) is 20.3. The highest BCUT2D eigenvalue weighted by atomic mass is 15.1. The van der Waals surface area contributed by atoms with Crippen LogP contribution in [0.3, 0.4) is 0 Å². The molecule has 52 heavy (non-hydrogen) atoms. The molecule has 0 spiro atoms. The number of aryl methyl sites for hydroxylation is 1. The Labute approximate surface area is 313 Å². The van der Waals surface area contributed by atoms with Gasteiger partial charge in [0.25, 0.3) is 0 Å². The van der Waals surface area contributed by atoms with Gasteiger partial charge >= 0.3 is 0 Å². The van der Waals surface area contributed by atoms with Gasteiger partial charge in [-0.3, -0.25) is 0 Å².